The summed E-state index contributed by atoms with van der Waals surface area (Å²) in [7, 11) is 0. The van der Waals surface area contributed by atoms with E-state index in [2.05, 4.69) is 26.1 Å². The van der Waals surface area contributed by atoms with Gasteiger partial charge in [0.25, 0.3) is 5.91 Å². The number of hydrogen-bond acceptors (Lipinski definition) is 3. The van der Waals surface area contributed by atoms with Crippen LogP contribution in [0.5, 0.6) is 11.5 Å². The highest BCUT2D eigenvalue weighted by atomic mass is 16.5. The molecule has 0 fully saturated rings. The van der Waals surface area contributed by atoms with Crippen molar-refractivity contribution in [2.75, 3.05) is 18.5 Å². The first-order valence-corrected chi connectivity index (χ1v) is 10.3. The Balaban J connectivity index is 1.69. The lowest BCUT2D eigenvalue weighted by Gasteiger charge is -2.10. The number of rotatable bonds is 12. The second-order valence-corrected chi connectivity index (χ2v) is 7.35. The molecule has 1 N–H and O–H groups in total. The number of hydrogen-bond donors (Lipinski definition) is 1. The average Bonchev–Trinajstić information content (AvgIpc) is 2.70. The number of anilines is 1. The number of amides is 1. The van der Waals surface area contributed by atoms with Gasteiger partial charge in [-0.15, -0.1) is 0 Å². The summed E-state index contributed by atoms with van der Waals surface area (Å²) in [6, 6.07) is 15.3. The Morgan fingerprint density at radius 1 is 0.857 bits per heavy atom. The van der Waals surface area contributed by atoms with Gasteiger partial charge >= 0.3 is 0 Å². The van der Waals surface area contributed by atoms with Crippen LogP contribution in [-0.4, -0.2) is 19.1 Å². The summed E-state index contributed by atoms with van der Waals surface area (Å²) in [5.74, 6) is 1.82. The largest absolute Gasteiger partial charge is 0.494 e. The molecule has 4 nitrogen and oxygen atoms in total. The van der Waals surface area contributed by atoms with Gasteiger partial charge in [0.2, 0.25) is 0 Å². The Morgan fingerprint density at radius 3 is 2.11 bits per heavy atom. The molecule has 2 rings (SSSR count). The molecule has 2 aromatic carbocycles. The normalized spacial score (nSPS) is 10.7. The second-order valence-electron chi connectivity index (χ2n) is 7.35. The Morgan fingerprint density at radius 2 is 1.46 bits per heavy atom. The van der Waals surface area contributed by atoms with Crippen molar-refractivity contribution in [1.29, 1.82) is 0 Å². The molecular weight excluding hydrogens is 350 g/mol. The van der Waals surface area contributed by atoms with Gasteiger partial charge in [-0.1, -0.05) is 58.6 Å². The molecule has 0 radical (unpaired) electrons. The number of benzene rings is 2. The van der Waals surface area contributed by atoms with Crippen molar-refractivity contribution < 1.29 is 14.3 Å². The molecule has 0 aliphatic heterocycles. The Kier molecular flexibility index (Phi) is 9.40. The lowest BCUT2D eigenvalue weighted by atomic mass is 10.0. The summed E-state index contributed by atoms with van der Waals surface area (Å²) < 4.78 is 11.3. The molecule has 2 aromatic rings. The van der Waals surface area contributed by atoms with E-state index in [0.29, 0.717) is 11.7 Å². The lowest BCUT2D eigenvalue weighted by molar-refractivity contribution is -0.118. The monoisotopic (exact) mass is 383 g/mol. The van der Waals surface area contributed by atoms with Gasteiger partial charge in [0, 0.05) is 5.69 Å². The van der Waals surface area contributed by atoms with Gasteiger partial charge in [0.05, 0.1) is 6.61 Å². The predicted octanol–water partition coefficient (Wildman–Crippen LogP) is 6.18. The SMILES string of the molecule is CCCCCCCOc1ccc(NC(=O)COc2ccc(C(C)C)cc2)cc1. The highest BCUT2D eigenvalue weighted by molar-refractivity contribution is 5.91. The summed E-state index contributed by atoms with van der Waals surface area (Å²) in [6.07, 6.45) is 6.11. The highest BCUT2D eigenvalue weighted by Gasteiger charge is 2.05. The maximum absolute atomic E-state index is 12.1. The van der Waals surface area contributed by atoms with Crippen molar-refractivity contribution in [3.8, 4) is 11.5 Å². The number of carbonyl (C=O) groups excluding carboxylic acids is 1. The molecule has 0 heterocycles. The van der Waals surface area contributed by atoms with E-state index in [1.165, 1.54) is 31.2 Å². The van der Waals surface area contributed by atoms with Gasteiger partial charge in [0.15, 0.2) is 6.61 Å². The number of nitrogens with one attached hydrogen (secondary N) is 1. The van der Waals surface area contributed by atoms with Crippen molar-refractivity contribution in [2.45, 2.75) is 58.8 Å². The van der Waals surface area contributed by atoms with Gasteiger partial charge in [-0.2, -0.15) is 0 Å². The van der Waals surface area contributed by atoms with Crippen molar-refractivity contribution in [3.63, 3.8) is 0 Å². The lowest BCUT2D eigenvalue weighted by Crippen LogP contribution is -2.20. The Labute approximate surface area is 169 Å². The van der Waals surface area contributed by atoms with Crippen LogP contribution in [0.25, 0.3) is 0 Å². The van der Waals surface area contributed by atoms with Crippen LogP contribution < -0.4 is 14.8 Å². The fourth-order valence-corrected chi connectivity index (χ4v) is 2.83. The van der Waals surface area contributed by atoms with Crippen LogP contribution in [0.2, 0.25) is 0 Å². The average molecular weight is 384 g/mol. The van der Waals surface area contributed by atoms with E-state index in [1.54, 1.807) is 0 Å². The number of carbonyl (C=O) groups is 1. The maximum Gasteiger partial charge on any atom is 0.262 e. The molecule has 152 valence electrons. The molecule has 0 aliphatic carbocycles. The zero-order valence-corrected chi connectivity index (χ0v) is 17.4. The van der Waals surface area contributed by atoms with E-state index in [4.69, 9.17) is 9.47 Å². The molecule has 0 bridgehead atoms. The zero-order valence-electron chi connectivity index (χ0n) is 17.4. The molecule has 0 saturated heterocycles. The molecule has 1 amide bonds. The predicted molar refractivity (Wildman–Crippen MR) is 115 cm³/mol. The van der Waals surface area contributed by atoms with E-state index in [9.17, 15) is 4.79 Å². The summed E-state index contributed by atoms with van der Waals surface area (Å²) in [6.45, 7) is 7.23. The molecule has 0 unspecified atom stereocenters. The van der Waals surface area contributed by atoms with Crippen LogP contribution in [0.15, 0.2) is 48.5 Å². The standard InChI is InChI=1S/C24H33NO3/c1-4-5-6-7-8-17-27-22-15-11-21(12-16-22)25-24(26)18-28-23-13-9-20(10-14-23)19(2)3/h9-16,19H,4-8,17-18H2,1-3H3,(H,25,26). The van der Waals surface area contributed by atoms with E-state index in [0.717, 1.165) is 24.5 Å². The van der Waals surface area contributed by atoms with Crippen LogP contribution in [-0.2, 0) is 4.79 Å². The van der Waals surface area contributed by atoms with Gasteiger partial charge in [-0.05, 0) is 54.3 Å². The first-order valence-electron chi connectivity index (χ1n) is 10.3. The number of unbranched alkanes of at least 4 members (excludes halogenated alkanes) is 4. The maximum atomic E-state index is 12.1. The molecule has 0 atom stereocenters. The zero-order chi connectivity index (χ0) is 20.2. The summed E-state index contributed by atoms with van der Waals surface area (Å²) in [5, 5.41) is 2.84. The Bertz CT molecular complexity index is 693. The third-order valence-corrected chi connectivity index (χ3v) is 4.57. The summed E-state index contributed by atoms with van der Waals surface area (Å²) in [4.78, 5) is 12.1. The van der Waals surface area contributed by atoms with Gasteiger partial charge in [0.1, 0.15) is 11.5 Å². The smallest absolute Gasteiger partial charge is 0.262 e. The minimum Gasteiger partial charge on any atom is -0.494 e. The molecule has 0 aliphatic rings. The fourth-order valence-electron chi connectivity index (χ4n) is 2.83. The fraction of sp³-hybridized carbons (Fsp3) is 0.458. The highest BCUT2D eigenvalue weighted by Crippen LogP contribution is 2.19. The van der Waals surface area contributed by atoms with Gasteiger partial charge in [-0.3, -0.25) is 4.79 Å². The van der Waals surface area contributed by atoms with Crippen molar-refractivity contribution >= 4 is 11.6 Å². The van der Waals surface area contributed by atoms with E-state index < -0.39 is 0 Å². The van der Waals surface area contributed by atoms with Crippen molar-refractivity contribution in [1.82, 2.24) is 0 Å². The molecule has 0 spiro atoms. The first-order chi connectivity index (χ1) is 13.6. The third kappa shape index (κ3) is 8.03. The Hall–Kier alpha value is -2.49. The topological polar surface area (TPSA) is 47.6 Å². The quantitative estimate of drug-likeness (QED) is 0.445. The van der Waals surface area contributed by atoms with Crippen molar-refractivity contribution in [3.05, 3.63) is 54.1 Å². The summed E-state index contributed by atoms with van der Waals surface area (Å²) in [5.41, 5.74) is 1.99. The van der Waals surface area contributed by atoms with Crippen LogP contribution >= 0.6 is 0 Å². The van der Waals surface area contributed by atoms with Crippen LogP contribution in [0.4, 0.5) is 5.69 Å². The van der Waals surface area contributed by atoms with Crippen LogP contribution in [0, 0.1) is 0 Å². The van der Waals surface area contributed by atoms with Crippen molar-refractivity contribution in [2.24, 2.45) is 0 Å². The van der Waals surface area contributed by atoms with E-state index >= 15 is 0 Å². The molecule has 4 heteroatoms. The van der Waals surface area contributed by atoms with E-state index in [-0.39, 0.29) is 12.5 Å². The molecule has 0 saturated carbocycles. The minimum atomic E-state index is -0.183. The minimum absolute atomic E-state index is 0.0168. The molecular formula is C24H33NO3. The second kappa shape index (κ2) is 12.1. The van der Waals surface area contributed by atoms with E-state index in [1.807, 2.05) is 48.5 Å². The van der Waals surface area contributed by atoms with Crippen LogP contribution in [0.3, 0.4) is 0 Å². The van der Waals surface area contributed by atoms with Crippen LogP contribution in [0.1, 0.15) is 64.4 Å². The molecule has 0 aromatic heterocycles. The third-order valence-electron chi connectivity index (χ3n) is 4.57. The summed E-state index contributed by atoms with van der Waals surface area (Å²) >= 11 is 0. The molecule has 28 heavy (non-hydrogen) atoms. The van der Waals surface area contributed by atoms with Gasteiger partial charge in [-0.25, -0.2) is 0 Å². The first kappa shape index (κ1) is 21.8. The van der Waals surface area contributed by atoms with Gasteiger partial charge < -0.3 is 14.8 Å². The number of ether oxygens (including phenoxy) is 2.